The third-order valence-electron chi connectivity index (χ3n) is 5.90. The van der Waals surface area contributed by atoms with Crippen molar-refractivity contribution in [3.8, 4) is 0 Å². The Morgan fingerprint density at radius 3 is 2.90 bits per heavy atom. The molecule has 1 saturated heterocycles. The first kappa shape index (κ1) is 13.8. The van der Waals surface area contributed by atoms with Crippen molar-refractivity contribution in [1.29, 1.82) is 0 Å². The second-order valence-corrected chi connectivity index (χ2v) is 7.20. The predicted octanol–water partition coefficient (Wildman–Crippen LogP) is 3.04. The molecule has 21 heavy (non-hydrogen) atoms. The molecule has 1 saturated carbocycles. The highest BCUT2D eigenvalue weighted by Crippen LogP contribution is 2.59. The van der Waals surface area contributed by atoms with E-state index in [9.17, 15) is 0 Å². The van der Waals surface area contributed by atoms with E-state index >= 15 is 0 Å². The molecule has 3 atom stereocenters. The summed E-state index contributed by atoms with van der Waals surface area (Å²) in [4.78, 5) is 2.62. The quantitative estimate of drug-likeness (QED) is 0.808. The van der Waals surface area contributed by atoms with Crippen molar-refractivity contribution in [3.63, 3.8) is 0 Å². The number of fused-ring (bicyclic) bond motifs is 3. The lowest BCUT2D eigenvalue weighted by Gasteiger charge is -2.14. The molecule has 2 aliphatic carbocycles. The lowest BCUT2D eigenvalue weighted by Crippen LogP contribution is -2.26. The van der Waals surface area contributed by atoms with Crippen molar-refractivity contribution in [2.45, 2.75) is 38.0 Å². The molecule has 2 nitrogen and oxygen atoms in total. The maximum absolute atomic E-state index is 3.73. The summed E-state index contributed by atoms with van der Waals surface area (Å²) in [6.07, 6.45) is 6.87. The molecule has 0 bridgehead atoms. The number of hydrogen-bond donors (Lipinski definition) is 1. The smallest absolute Gasteiger partial charge is 0.000664 e. The van der Waals surface area contributed by atoms with Crippen molar-refractivity contribution in [3.05, 3.63) is 35.4 Å². The van der Waals surface area contributed by atoms with Gasteiger partial charge in [0.1, 0.15) is 0 Å². The van der Waals surface area contributed by atoms with Crippen LogP contribution >= 0.6 is 0 Å². The SMILES string of the molecule is c1ccc2c(c1)CCC1C(CNCCCN3CCCC3)C21. The molecular formula is C19H28N2. The molecular weight excluding hydrogens is 256 g/mol. The highest BCUT2D eigenvalue weighted by Gasteiger charge is 2.52. The molecule has 1 N–H and O–H groups in total. The number of likely N-dealkylation sites (tertiary alicyclic amines) is 1. The van der Waals surface area contributed by atoms with E-state index in [-0.39, 0.29) is 0 Å². The van der Waals surface area contributed by atoms with Crippen molar-refractivity contribution < 1.29 is 0 Å². The third-order valence-corrected chi connectivity index (χ3v) is 5.90. The van der Waals surface area contributed by atoms with E-state index in [4.69, 9.17) is 0 Å². The van der Waals surface area contributed by atoms with E-state index < -0.39 is 0 Å². The summed E-state index contributed by atoms with van der Waals surface area (Å²) in [6.45, 7) is 6.41. The zero-order chi connectivity index (χ0) is 14.1. The summed E-state index contributed by atoms with van der Waals surface area (Å²) in [6, 6.07) is 9.14. The normalized spacial score (nSPS) is 31.0. The van der Waals surface area contributed by atoms with Gasteiger partial charge in [0.05, 0.1) is 0 Å². The van der Waals surface area contributed by atoms with Crippen LogP contribution in [0.5, 0.6) is 0 Å². The Morgan fingerprint density at radius 2 is 2.00 bits per heavy atom. The van der Waals surface area contributed by atoms with Gasteiger partial charge in [0, 0.05) is 0 Å². The molecule has 4 rings (SSSR count). The minimum absolute atomic E-state index is 0.876. The van der Waals surface area contributed by atoms with Crippen LogP contribution in [0.4, 0.5) is 0 Å². The van der Waals surface area contributed by atoms with Crippen LogP contribution in [0.15, 0.2) is 24.3 Å². The lowest BCUT2D eigenvalue weighted by atomic mass is 9.92. The highest BCUT2D eigenvalue weighted by molar-refractivity contribution is 5.39. The molecule has 0 aromatic heterocycles. The molecule has 2 heteroatoms. The van der Waals surface area contributed by atoms with Gasteiger partial charge in [-0.1, -0.05) is 24.3 Å². The summed E-state index contributed by atoms with van der Waals surface area (Å²) >= 11 is 0. The van der Waals surface area contributed by atoms with Crippen LogP contribution < -0.4 is 5.32 Å². The molecule has 1 aromatic carbocycles. The summed E-state index contributed by atoms with van der Waals surface area (Å²) in [7, 11) is 0. The maximum atomic E-state index is 3.73. The van der Waals surface area contributed by atoms with Gasteiger partial charge in [-0.25, -0.2) is 0 Å². The molecule has 3 unspecified atom stereocenters. The fourth-order valence-electron chi connectivity index (χ4n) is 4.69. The summed E-state index contributed by atoms with van der Waals surface area (Å²) in [5.41, 5.74) is 3.29. The van der Waals surface area contributed by atoms with Crippen LogP contribution in [-0.4, -0.2) is 37.6 Å². The first-order valence-corrected chi connectivity index (χ1v) is 8.94. The average molecular weight is 284 g/mol. The van der Waals surface area contributed by atoms with Crippen LogP contribution in [-0.2, 0) is 6.42 Å². The Balaban J connectivity index is 1.20. The first-order chi connectivity index (χ1) is 10.4. The van der Waals surface area contributed by atoms with Gasteiger partial charge >= 0.3 is 0 Å². The first-order valence-electron chi connectivity index (χ1n) is 8.94. The highest BCUT2D eigenvalue weighted by atomic mass is 15.1. The number of benzene rings is 1. The van der Waals surface area contributed by atoms with Crippen molar-refractivity contribution in [2.24, 2.45) is 11.8 Å². The topological polar surface area (TPSA) is 15.3 Å². The molecule has 2 fully saturated rings. The number of aryl methyl sites for hydroxylation is 1. The van der Waals surface area contributed by atoms with Gasteiger partial charge in [-0.3, -0.25) is 0 Å². The zero-order valence-corrected chi connectivity index (χ0v) is 13.1. The van der Waals surface area contributed by atoms with E-state index in [1.165, 1.54) is 64.8 Å². The van der Waals surface area contributed by atoms with Crippen LogP contribution in [0.3, 0.4) is 0 Å². The summed E-state index contributed by atoms with van der Waals surface area (Å²) < 4.78 is 0. The number of rotatable bonds is 6. The van der Waals surface area contributed by atoms with E-state index in [2.05, 4.69) is 34.5 Å². The van der Waals surface area contributed by atoms with Gasteiger partial charge in [-0.05, 0) is 93.7 Å². The number of nitrogens with zero attached hydrogens (tertiary/aromatic N) is 1. The summed E-state index contributed by atoms with van der Waals surface area (Å²) in [5, 5.41) is 3.73. The monoisotopic (exact) mass is 284 g/mol. The Kier molecular flexibility index (Phi) is 4.00. The van der Waals surface area contributed by atoms with Crippen LogP contribution in [0.25, 0.3) is 0 Å². The maximum Gasteiger partial charge on any atom is -0.000664 e. The molecule has 0 spiro atoms. The Labute approximate surface area is 128 Å². The third kappa shape index (κ3) is 2.89. The van der Waals surface area contributed by atoms with Crippen molar-refractivity contribution >= 4 is 0 Å². The van der Waals surface area contributed by atoms with Gasteiger partial charge in [0.15, 0.2) is 0 Å². The lowest BCUT2D eigenvalue weighted by molar-refractivity contribution is 0.330. The van der Waals surface area contributed by atoms with Gasteiger partial charge in [-0.2, -0.15) is 0 Å². The molecule has 3 aliphatic rings. The van der Waals surface area contributed by atoms with Gasteiger partial charge in [-0.15, -0.1) is 0 Å². The zero-order valence-electron chi connectivity index (χ0n) is 13.1. The van der Waals surface area contributed by atoms with E-state index in [1.54, 1.807) is 11.1 Å². The fraction of sp³-hybridized carbons (Fsp3) is 0.684. The molecule has 1 heterocycles. The summed E-state index contributed by atoms with van der Waals surface area (Å²) in [5.74, 6) is 2.77. The Hall–Kier alpha value is -0.860. The number of nitrogens with one attached hydrogen (secondary N) is 1. The van der Waals surface area contributed by atoms with Gasteiger partial charge in [0.2, 0.25) is 0 Å². The largest absolute Gasteiger partial charge is 0.316 e. The van der Waals surface area contributed by atoms with Gasteiger partial charge < -0.3 is 10.2 Å². The molecule has 1 aromatic rings. The van der Waals surface area contributed by atoms with Crippen LogP contribution in [0.1, 0.15) is 42.7 Å². The van der Waals surface area contributed by atoms with E-state index in [0.29, 0.717) is 0 Å². The molecule has 1 aliphatic heterocycles. The average Bonchev–Trinajstić information content (AvgIpc) is 2.98. The van der Waals surface area contributed by atoms with Crippen molar-refractivity contribution in [1.82, 2.24) is 10.2 Å². The van der Waals surface area contributed by atoms with E-state index in [0.717, 1.165) is 17.8 Å². The van der Waals surface area contributed by atoms with Crippen LogP contribution in [0.2, 0.25) is 0 Å². The predicted molar refractivity (Wildman–Crippen MR) is 87.6 cm³/mol. The number of hydrogen-bond acceptors (Lipinski definition) is 2. The fourth-order valence-corrected chi connectivity index (χ4v) is 4.69. The van der Waals surface area contributed by atoms with Crippen molar-refractivity contribution in [2.75, 3.05) is 32.7 Å². The minimum atomic E-state index is 0.876. The standard InChI is InChI=1S/C19H28N2/c1-2-7-16-15(6-1)8-9-17-18(19(16)17)14-20-10-5-13-21-11-3-4-12-21/h1-2,6-7,17-20H,3-5,8-14H2. The molecule has 0 amide bonds. The molecule has 114 valence electrons. The van der Waals surface area contributed by atoms with Crippen LogP contribution in [0, 0.1) is 11.8 Å². The second kappa shape index (κ2) is 6.10. The van der Waals surface area contributed by atoms with E-state index in [1.807, 2.05) is 0 Å². The Bertz CT molecular complexity index is 478. The molecule has 0 radical (unpaired) electrons. The second-order valence-electron chi connectivity index (χ2n) is 7.20. The minimum Gasteiger partial charge on any atom is -0.316 e. The van der Waals surface area contributed by atoms with Gasteiger partial charge in [0.25, 0.3) is 0 Å². The Morgan fingerprint density at radius 1 is 1.14 bits per heavy atom.